The van der Waals surface area contributed by atoms with Gasteiger partial charge in [0.2, 0.25) is 0 Å². The average molecular weight is 258 g/mol. The molecular weight excluding hydrogens is 246 g/mol. The maximum absolute atomic E-state index is 10.9. The molecule has 1 amide bonds. The van der Waals surface area contributed by atoms with Gasteiger partial charge in [0.1, 0.15) is 11.5 Å². The minimum Gasteiger partial charge on any atom is -1.00 e. The van der Waals surface area contributed by atoms with Gasteiger partial charge in [-0.1, -0.05) is 0 Å². The molecule has 6 nitrogen and oxygen atoms in total. The largest absolute Gasteiger partial charge is 1.00 e. The van der Waals surface area contributed by atoms with Crippen LogP contribution in [-0.4, -0.2) is 30.5 Å². The standard InChI is InChI=1S/C10H11N3O3.ClH/c1-16-6-2-3-7(8(14)4-6)10-11-5-9(15)12-13-10;/h2-4,14H,5H2,1H3,(H,11,13)(H,12,15);1H. The summed E-state index contributed by atoms with van der Waals surface area (Å²) in [7, 11) is 1.53. The topological polar surface area (TPSA) is 87.5 Å². The van der Waals surface area contributed by atoms with E-state index >= 15 is 0 Å². The van der Waals surface area contributed by atoms with Crippen molar-refractivity contribution in [2.45, 2.75) is 0 Å². The van der Waals surface area contributed by atoms with E-state index in [0.717, 1.165) is 0 Å². The molecule has 0 unspecified atom stereocenters. The zero-order valence-corrected chi connectivity index (χ0v) is 9.86. The van der Waals surface area contributed by atoms with E-state index in [1.165, 1.54) is 13.2 Å². The number of nitrogens with one attached hydrogen (secondary N) is 1. The number of halogens is 1. The number of carbonyl (C=O) groups is 1. The van der Waals surface area contributed by atoms with Crippen molar-refractivity contribution in [1.82, 2.24) is 5.43 Å². The second kappa shape index (κ2) is 5.51. The number of amides is 1. The molecule has 0 saturated carbocycles. The lowest BCUT2D eigenvalue weighted by molar-refractivity contribution is -0.529. The van der Waals surface area contributed by atoms with Crippen molar-refractivity contribution in [1.29, 1.82) is 0 Å². The van der Waals surface area contributed by atoms with E-state index < -0.39 is 0 Å². The number of nitrogens with two attached hydrogens (primary N) is 1. The van der Waals surface area contributed by atoms with E-state index in [0.29, 0.717) is 17.1 Å². The van der Waals surface area contributed by atoms with Crippen molar-refractivity contribution >= 4 is 11.7 Å². The number of hydrazone groups is 1. The van der Waals surface area contributed by atoms with Gasteiger partial charge in [0.05, 0.1) is 12.7 Å². The Morgan fingerprint density at radius 2 is 2.29 bits per heavy atom. The Morgan fingerprint density at radius 1 is 1.53 bits per heavy atom. The average Bonchev–Trinajstić information content (AvgIpc) is 2.30. The number of hydrogen-bond acceptors (Lipinski definition) is 4. The molecule has 92 valence electrons. The van der Waals surface area contributed by atoms with Gasteiger partial charge in [-0.2, -0.15) is 0 Å². The van der Waals surface area contributed by atoms with E-state index in [9.17, 15) is 9.90 Å². The predicted molar refractivity (Wildman–Crippen MR) is 56.1 cm³/mol. The van der Waals surface area contributed by atoms with Gasteiger partial charge in [0, 0.05) is 6.07 Å². The van der Waals surface area contributed by atoms with E-state index in [-0.39, 0.29) is 30.6 Å². The van der Waals surface area contributed by atoms with Gasteiger partial charge < -0.3 is 22.3 Å². The smallest absolute Gasteiger partial charge is 0.295 e. The van der Waals surface area contributed by atoms with Crippen LogP contribution >= 0.6 is 0 Å². The van der Waals surface area contributed by atoms with Crippen LogP contribution in [0.5, 0.6) is 11.5 Å². The van der Waals surface area contributed by atoms with Crippen LogP contribution in [0.4, 0.5) is 0 Å². The number of methoxy groups -OCH3 is 1. The molecule has 0 spiro atoms. The van der Waals surface area contributed by atoms with Crippen molar-refractivity contribution in [3.05, 3.63) is 23.8 Å². The Morgan fingerprint density at radius 3 is 2.82 bits per heavy atom. The molecule has 0 atom stereocenters. The van der Waals surface area contributed by atoms with Crippen molar-refractivity contribution in [2.75, 3.05) is 13.7 Å². The van der Waals surface area contributed by atoms with Gasteiger partial charge in [-0.3, -0.25) is 10.1 Å². The molecule has 1 heterocycles. The van der Waals surface area contributed by atoms with Gasteiger partial charge in [0.15, 0.2) is 6.54 Å². The third-order valence-corrected chi connectivity index (χ3v) is 2.26. The fourth-order valence-corrected chi connectivity index (χ4v) is 1.43. The summed E-state index contributed by atoms with van der Waals surface area (Å²) in [6, 6.07) is 4.92. The first-order chi connectivity index (χ1) is 7.70. The quantitative estimate of drug-likeness (QED) is 0.502. The Balaban J connectivity index is 0.00000144. The number of nitrogens with zero attached hydrogens (tertiary/aromatic N) is 1. The van der Waals surface area contributed by atoms with Crippen LogP contribution in [0.25, 0.3) is 0 Å². The lowest BCUT2D eigenvalue weighted by atomic mass is 10.1. The highest BCUT2D eigenvalue weighted by Gasteiger charge is 2.19. The van der Waals surface area contributed by atoms with Gasteiger partial charge >= 0.3 is 0 Å². The molecular formula is C10H12ClN3O3. The van der Waals surface area contributed by atoms with Crippen molar-refractivity contribution in [3.63, 3.8) is 0 Å². The van der Waals surface area contributed by atoms with E-state index in [4.69, 9.17) is 4.74 Å². The Labute approximate surface area is 104 Å². The Hall–Kier alpha value is -1.79. The van der Waals surface area contributed by atoms with Crippen LogP contribution in [0.3, 0.4) is 0 Å². The number of carbonyl (C=O) groups excluding carboxylic acids is 1. The van der Waals surface area contributed by atoms with E-state index in [2.05, 4.69) is 10.5 Å². The summed E-state index contributed by atoms with van der Waals surface area (Å²) in [6.07, 6.45) is 0. The number of phenols is 1. The van der Waals surface area contributed by atoms with Gasteiger partial charge in [-0.15, -0.1) is 5.10 Å². The van der Waals surface area contributed by atoms with E-state index in [1.54, 1.807) is 17.4 Å². The summed E-state index contributed by atoms with van der Waals surface area (Å²) in [5, 5.41) is 15.3. The molecule has 7 heteroatoms. The summed E-state index contributed by atoms with van der Waals surface area (Å²) in [5.74, 6) is 1.05. The summed E-state index contributed by atoms with van der Waals surface area (Å²) in [6.45, 7) is 0.268. The second-order valence-corrected chi connectivity index (χ2v) is 3.32. The normalized spacial score (nSPS) is 14.4. The molecule has 1 aromatic carbocycles. The highest BCUT2D eigenvalue weighted by atomic mass is 35.5. The molecule has 1 aliphatic rings. The van der Waals surface area contributed by atoms with Crippen LogP contribution in [0.1, 0.15) is 5.56 Å². The molecule has 0 aromatic heterocycles. The maximum Gasteiger partial charge on any atom is 0.295 e. The second-order valence-electron chi connectivity index (χ2n) is 3.32. The lowest BCUT2D eigenvalue weighted by Gasteiger charge is -2.11. The molecule has 1 aromatic rings. The summed E-state index contributed by atoms with van der Waals surface area (Å²) in [4.78, 5) is 10.9. The first-order valence-corrected chi connectivity index (χ1v) is 4.78. The number of rotatable bonds is 2. The first-order valence-electron chi connectivity index (χ1n) is 4.78. The van der Waals surface area contributed by atoms with Crippen molar-refractivity contribution in [3.8, 4) is 11.5 Å². The van der Waals surface area contributed by atoms with E-state index in [1.807, 2.05) is 0 Å². The van der Waals surface area contributed by atoms with Crippen molar-refractivity contribution < 1.29 is 32.4 Å². The predicted octanol–water partition coefficient (Wildman–Crippen LogP) is -4.24. The van der Waals surface area contributed by atoms with Crippen LogP contribution in [0.2, 0.25) is 0 Å². The zero-order chi connectivity index (χ0) is 11.5. The Kier molecular flexibility index (Phi) is 4.30. The van der Waals surface area contributed by atoms with Crippen molar-refractivity contribution in [2.24, 2.45) is 5.10 Å². The summed E-state index contributed by atoms with van der Waals surface area (Å²) in [5.41, 5.74) is 2.93. The molecule has 0 fully saturated rings. The lowest BCUT2D eigenvalue weighted by Crippen LogP contribution is -3.00. The van der Waals surface area contributed by atoms with Gasteiger partial charge in [0.25, 0.3) is 11.7 Å². The Bertz CT molecular complexity index is 462. The molecule has 0 aliphatic carbocycles. The maximum atomic E-state index is 10.9. The molecule has 0 saturated heterocycles. The number of aromatic hydroxyl groups is 1. The fourth-order valence-electron chi connectivity index (χ4n) is 1.43. The number of quaternary nitrogens is 1. The summed E-state index contributed by atoms with van der Waals surface area (Å²) < 4.78 is 4.97. The zero-order valence-electron chi connectivity index (χ0n) is 9.11. The van der Waals surface area contributed by atoms with Gasteiger partial charge in [-0.25, -0.2) is 5.43 Å². The number of phenolic OH excluding ortho intramolecular Hbond substituents is 1. The van der Waals surface area contributed by atoms with Gasteiger partial charge in [-0.05, 0) is 12.1 Å². The molecule has 0 radical (unpaired) electrons. The fraction of sp³-hybridized carbons (Fsp3) is 0.200. The highest BCUT2D eigenvalue weighted by molar-refractivity contribution is 5.97. The third-order valence-electron chi connectivity index (χ3n) is 2.26. The highest BCUT2D eigenvalue weighted by Crippen LogP contribution is 2.22. The number of benzene rings is 1. The number of ether oxygens (including phenoxy) is 1. The molecule has 2 rings (SSSR count). The first kappa shape index (κ1) is 13.3. The van der Waals surface area contributed by atoms with Crippen LogP contribution < -0.4 is 27.9 Å². The van der Waals surface area contributed by atoms with Crippen LogP contribution in [-0.2, 0) is 4.79 Å². The minimum atomic E-state index is -0.156. The minimum absolute atomic E-state index is 0. The molecule has 1 aliphatic heterocycles. The number of hydrogen-bond donors (Lipinski definition) is 3. The SMILES string of the molecule is COc1ccc(C2=NNC(=O)C[NH2+]2)c(O)c1.[Cl-]. The molecule has 4 N–H and O–H groups in total. The molecule has 17 heavy (non-hydrogen) atoms. The van der Waals surface area contributed by atoms with Crippen LogP contribution in [0.15, 0.2) is 23.3 Å². The number of amidine groups is 1. The molecule has 0 bridgehead atoms. The van der Waals surface area contributed by atoms with Crippen LogP contribution in [0, 0.1) is 0 Å². The summed E-state index contributed by atoms with van der Waals surface area (Å²) >= 11 is 0. The third kappa shape index (κ3) is 2.86. The monoisotopic (exact) mass is 257 g/mol.